The van der Waals surface area contributed by atoms with Crippen LogP contribution in [0.25, 0.3) is 5.52 Å². The number of hydrogen-bond donors (Lipinski definition) is 0. The number of nitrogens with zero attached hydrogens (tertiary/aromatic N) is 4. The zero-order valence-corrected chi connectivity index (χ0v) is 10.8. The third-order valence-corrected chi connectivity index (χ3v) is 3.39. The summed E-state index contributed by atoms with van der Waals surface area (Å²) in [6, 6.07) is 2.08. The van der Waals surface area contributed by atoms with Crippen LogP contribution in [-0.2, 0) is 4.74 Å². The normalized spacial score (nSPS) is 20.6. The number of ether oxygens (including phenoxy) is 1. The van der Waals surface area contributed by atoms with Gasteiger partial charge in [0.05, 0.1) is 18.4 Å². The van der Waals surface area contributed by atoms with E-state index in [0.29, 0.717) is 6.10 Å². The Morgan fingerprint density at radius 2 is 2.39 bits per heavy atom. The summed E-state index contributed by atoms with van der Waals surface area (Å²) in [4.78, 5) is 6.82. The Labute approximate surface area is 106 Å². The SMILES string of the molecule is CCC1CN(c2nccn3nc(C)cc23)CCO1. The van der Waals surface area contributed by atoms with Crippen molar-refractivity contribution in [3.05, 3.63) is 24.2 Å². The van der Waals surface area contributed by atoms with E-state index in [1.807, 2.05) is 23.8 Å². The van der Waals surface area contributed by atoms with Crippen molar-refractivity contribution in [2.24, 2.45) is 0 Å². The van der Waals surface area contributed by atoms with Gasteiger partial charge in [-0.25, -0.2) is 9.50 Å². The molecule has 0 amide bonds. The van der Waals surface area contributed by atoms with Crippen LogP contribution in [0.4, 0.5) is 5.82 Å². The molecule has 0 saturated carbocycles. The number of hydrogen-bond acceptors (Lipinski definition) is 4. The summed E-state index contributed by atoms with van der Waals surface area (Å²) >= 11 is 0. The van der Waals surface area contributed by atoms with Crippen molar-refractivity contribution in [1.82, 2.24) is 14.6 Å². The van der Waals surface area contributed by atoms with Gasteiger partial charge in [0.1, 0.15) is 5.52 Å². The van der Waals surface area contributed by atoms with Gasteiger partial charge in [0, 0.05) is 25.5 Å². The number of anilines is 1. The molecule has 3 heterocycles. The van der Waals surface area contributed by atoms with Crippen molar-refractivity contribution in [3.8, 4) is 0 Å². The van der Waals surface area contributed by atoms with Crippen LogP contribution in [0.1, 0.15) is 19.0 Å². The first kappa shape index (κ1) is 11.5. The summed E-state index contributed by atoms with van der Waals surface area (Å²) in [6.07, 6.45) is 5.05. The Balaban J connectivity index is 1.98. The molecule has 0 spiro atoms. The van der Waals surface area contributed by atoms with Crippen molar-refractivity contribution in [2.75, 3.05) is 24.6 Å². The third-order valence-electron chi connectivity index (χ3n) is 3.39. The number of aryl methyl sites for hydroxylation is 1. The maximum atomic E-state index is 5.70. The van der Waals surface area contributed by atoms with Crippen molar-refractivity contribution < 1.29 is 4.74 Å². The number of aromatic nitrogens is 3. The fraction of sp³-hybridized carbons (Fsp3) is 0.538. The highest BCUT2D eigenvalue weighted by Crippen LogP contribution is 2.22. The molecule has 5 nitrogen and oxygen atoms in total. The molecule has 2 aromatic heterocycles. The van der Waals surface area contributed by atoms with E-state index in [4.69, 9.17) is 4.74 Å². The highest BCUT2D eigenvalue weighted by Gasteiger charge is 2.22. The number of rotatable bonds is 2. The fourth-order valence-corrected chi connectivity index (χ4v) is 2.43. The van der Waals surface area contributed by atoms with Crippen LogP contribution in [0.2, 0.25) is 0 Å². The standard InChI is InChI=1S/C13H18N4O/c1-3-11-9-16(6-7-18-11)13-12-8-10(2)15-17(12)5-4-14-13/h4-5,8,11H,3,6-7,9H2,1-2H3. The summed E-state index contributed by atoms with van der Waals surface area (Å²) in [6.45, 7) is 6.74. The van der Waals surface area contributed by atoms with Gasteiger partial charge < -0.3 is 9.64 Å². The molecule has 1 unspecified atom stereocenters. The van der Waals surface area contributed by atoms with E-state index in [0.717, 1.165) is 43.1 Å². The molecule has 0 bridgehead atoms. The van der Waals surface area contributed by atoms with Gasteiger partial charge in [-0.3, -0.25) is 0 Å². The molecule has 96 valence electrons. The first-order valence-corrected chi connectivity index (χ1v) is 6.45. The molecule has 1 saturated heterocycles. The highest BCUT2D eigenvalue weighted by molar-refractivity contribution is 5.69. The molecule has 0 N–H and O–H groups in total. The smallest absolute Gasteiger partial charge is 0.154 e. The summed E-state index contributed by atoms with van der Waals surface area (Å²) in [7, 11) is 0. The van der Waals surface area contributed by atoms with E-state index in [1.165, 1.54) is 0 Å². The lowest BCUT2D eigenvalue weighted by atomic mass is 10.2. The third kappa shape index (κ3) is 1.95. The minimum Gasteiger partial charge on any atom is -0.375 e. The second-order valence-electron chi connectivity index (χ2n) is 4.71. The van der Waals surface area contributed by atoms with Crippen molar-refractivity contribution in [3.63, 3.8) is 0 Å². The van der Waals surface area contributed by atoms with Crippen LogP contribution < -0.4 is 4.90 Å². The Hall–Kier alpha value is -1.62. The number of morpholine rings is 1. The predicted molar refractivity (Wildman–Crippen MR) is 70.0 cm³/mol. The van der Waals surface area contributed by atoms with Crippen LogP contribution >= 0.6 is 0 Å². The first-order valence-electron chi connectivity index (χ1n) is 6.45. The quantitative estimate of drug-likeness (QED) is 0.808. The first-order chi connectivity index (χ1) is 8.78. The lowest BCUT2D eigenvalue weighted by Gasteiger charge is -2.33. The van der Waals surface area contributed by atoms with Crippen molar-refractivity contribution >= 4 is 11.3 Å². The van der Waals surface area contributed by atoms with Gasteiger partial charge in [-0.05, 0) is 19.4 Å². The average Bonchev–Trinajstić information content (AvgIpc) is 2.78. The molecule has 1 aliphatic heterocycles. The molecule has 0 radical (unpaired) electrons. The molecule has 3 rings (SSSR count). The van der Waals surface area contributed by atoms with E-state index in [1.54, 1.807) is 0 Å². The lowest BCUT2D eigenvalue weighted by molar-refractivity contribution is 0.0382. The molecule has 1 aliphatic rings. The van der Waals surface area contributed by atoms with E-state index >= 15 is 0 Å². The van der Waals surface area contributed by atoms with Gasteiger partial charge >= 0.3 is 0 Å². The molecule has 1 atom stereocenters. The maximum Gasteiger partial charge on any atom is 0.154 e. The minimum absolute atomic E-state index is 0.310. The Morgan fingerprint density at radius 1 is 1.50 bits per heavy atom. The minimum atomic E-state index is 0.310. The van der Waals surface area contributed by atoms with Gasteiger partial charge in [0.15, 0.2) is 5.82 Å². The average molecular weight is 246 g/mol. The highest BCUT2D eigenvalue weighted by atomic mass is 16.5. The van der Waals surface area contributed by atoms with Crippen LogP contribution in [0.3, 0.4) is 0 Å². The van der Waals surface area contributed by atoms with E-state index in [9.17, 15) is 0 Å². The Kier molecular flexibility index (Phi) is 2.91. The van der Waals surface area contributed by atoms with Gasteiger partial charge in [-0.2, -0.15) is 5.10 Å². The Morgan fingerprint density at radius 3 is 3.22 bits per heavy atom. The van der Waals surface area contributed by atoms with Crippen molar-refractivity contribution in [1.29, 1.82) is 0 Å². The van der Waals surface area contributed by atoms with Gasteiger partial charge in [0.25, 0.3) is 0 Å². The zero-order chi connectivity index (χ0) is 12.5. The molecular formula is C13H18N4O. The largest absolute Gasteiger partial charge is 0.375 e. The van der Waals surface area contributed by atoms with Crippen LogP contribution in [0.5, 0.6) is 0 Å². The molecule has 0 aliphatic carbocycles. The van der Waals surface area contributed by atoms with E-state index in [-0.39, 0.29) is 0 Å². The van der Waals surface area contributed by atoms with Crippen LogP contribution in [-0.4, -0.2) is 40.4 Å². The van der Waals surface area contributed by atoms with Crippen LogP contribution in [0.15, 0.2) is 18.5 Å². The maximum absolute atomic E-state index is 5.70. The topological polar surface area (TPSA) is 42.7 Å². The van der Waals surface area contributed by atoms with Crippen molar-refractivity contribution in [2.45, 2.75) is 26.4 Å². The van der Waals surface area contributed by atoms with Crippen LogP contribution in [0, 0.1) is 6.92 Å². The summed E-state index contributed by atoms with van der Waals surface area (Å²) in [5, 5.41) is 4.43. The lowest BCUT2D eigenvalue weighted by Crippen LogP contribution is -2.42. The molecule has 18 heavy (non-hydrogen) atoms. The van der Waals surface area contributed by atoms with E-state index < -0.39 is 0 Å². The molecular weight excluding hydrogens is 228 g/mol. The van der Waals surface area contributed by atoms with E-state index in [2.05, 4.69) is 28.0 Å². The monoisotopic (exact) mass is 246 g/mol. The molecule has 1 fully saturated rings. The summed E-state index contributed by atoms with van der Waals surface area (Å²) in [5.74, 6) is 1.01. The zero-order valence-electron chi connectivity index (χ0n) is 10.8. The Bertz CT molecular complexity index is 551. The molecule has 0 aromatic carbocycles. The fourth-order valence-electron chi connectivity index (χ4n) is 2.43. The summed E-state index contributed by atoms with van der Waals surface area (Å²) in [5.41, 5.74) is 2.09. The molecule has 5 heteroatoms. The second-order valence-corrected chi connectivity index (χ2v) is 4.71. The predicted octanol–water partition coefficient (Wildman–Crippen LogP) is 1.65. The number of fused-ring (bicyclic) bond motifs is 1. The molecule has 2 aromatic rings. The van der Waals surface area contributed by atoms with Gasteiger partial charge in [-0.1, -0.05) is 6.92 Å². The summed E-state index contributed by atoms with van der Waals surface area (Å²) < 4.78 is 7.60. The van der Waals surface area contributed by atoms with Gasteiger partial charge in [-0.15, -0.1) is 0 Å². The van der Waals surface area contributed by atoms with Gasteiger partial charge in [0.2, 0.25) is 0 Å². The second kappa shape index (κ2) is 4.57.